The summed E-state index contributed by atoms with van der Waals surface area (Å²) in [5.41, 5.74) is 1.90. The van der Waals surface area contributed by atoms with Crippen molar-refractivity contribution in [3.05, 3.63) is 29.3 Å². The van der Waals surface area contributed by atoms with E-state index < -0.39 is 0 Å². The van der Waals surface area contributed by atoms with Crippen LogP contribution in [0.15, 0.2) is 18.2 Å². The zero-order valence-electron chi connectivity index (χ0n) is 9.49. The lowest BCUT2D eigenvalue weighted by Crippen LogP contribution is -2.31. The molecule has 0 heterocycles. The summed E-state index contributed by atoms with van der Waals surface area (Å²) in [6.45, 7) is 5.91. The first-order valence-corrected chi connectivity index (χ1v) is 5.21. The zero-order valence-corrected chi connectivity index (χ0v) is 9.49. The molecule has 1 aromatic carbocycles. The Balaban J connectivity index is 2.77. The highest BCUT2D eigenvalue weighted by atomic mass is 16.3. The van der Waals surface area contributed by atoms with Crippen LogP contribution in [0.5, 0.6) is 5.75 Å². The van der Waals surface area contributed by atoms with E-state index in [0.717, 1.165) is 11.1 Å². The van der Waals surface area contributed by atoms with Gasteiger partial charge in [0.25, 0.3) is 0 Å². The molecule has 0 bridgehead atoms. The molecule has 15 heavy (non-hydrogen) atoms. The number of rotatable bonds is 4. The Hall–Kier alpha value is -1.06. The SMILES string of the molecule is Cc1ccc(C(C)N[C@H](C)CO)c(O)c1. The molecule has 1 rings (SSSR count). The first kappa shape index (κ1) is 12.0. The van der Waals surface area contributed by atoms with Gasteiger partial charge in [-0.2, -0.15) is 0 Å². The molecule has 0 amide bonds. The van der Waals surface area contributed by atoms with Crippen molar-refractivity contribution in [3.63, 3.8) is 0 Å². The summed E-state index contributed by atoms with van der Waals surface area (Å²) in [6, 6.07) is 5.69. The average Bonchev–Trinajstić information content (AvgIpc) is 2.17. The number of aryl methyl sites for hydroxylation is 1. The topological polar surface area (TPSA) is 52.5 Å². The molecular weight excluding hydrogens is 190 g/mol. The molecule has 0 aliphatic heterocycles. The van der Waals surface area contributed by atoms with Crippen LogP contribution in [0.25, 0.3) is 0 Å². The first-order chi connectivity index (χ1) is 7.04. The van der Waals surface area contributed by atoms with Crippen molar-refractivity contribution in [2.45, 2.75) is 32.9 Å². The molecule has 0 aromatic heterocycles. The Morgan fingerprint density at radius 1 is 1.33 bits per heavy atom. The standard InChI is InChI=1S/C12H19NO2/c1-8-4-5-11(12(15)6-8)10(3)13-9(2)7-14/h4-6,9-10,13-15H,7H2,1-3H3/t9-,10?/m1/s1. The quantitative estimate of drug-likeness (QED) is 0.708. The van der Waals surface area contributed by atoms with Gasteiger partial charge in [0.15, 0.2) is 0 Å². The molecule has 3 N–H and O–H groups in total. The predicted molar refractivity (Wildman–Crippen MR) is 60.9 cm³/mol. The maximum Gasteiger partial charge on any atom is 0.120 e. The van der Waals surface area contributed by atoms with Gasteiger partial charge >= 0.3 is 0 Å². The van der Waals surface area contributed by atoms with Crippen molar-refractivity contribution < 1.29 is 10.2 Å². The minimum atomic E-state index is 0.0284. The molecule has 84 valence electrons. The van der Waals surface area contributed by atoms with Gasteiger partial charge in [-0.25, -0.2) is 0 Å². The summed E-state index contributed by atoms with van der Waals surface area (Å²) in [5, 5.41) is 21.9. The number of benzene rings is 1. The summed E-state index contributed by atoms with van der Waals surface area (Å²) in [6.07, 6.45) is 0. The second kappa shape index (κ2) is 5.14. The minimum absolute atomic E-state index is 0.0284. The molecule has 0 saturated carbocycles. The van der Waals surface area contributed by atoms with Crippen molar-refractivity contribution in [3.8, 4) is 5.75 Å². The van der Waals surface area contributed by atoms with Crippen LogP contribution < -0.4 is 5.32 Å². The summed E-state index contributed by atoms with van der Waals surface area (Å²) in [4.78, 5) is 0. The van der Waals surface area contributed by atoms with E-state index in [1.807, 2.05) is 32.9 Å². The van der Waals surface area contributed by atoms with Gasteiger partial charge in [-0.05, 0) is 32.4 Å². The maximum atomic E-state index is 9.74. The van der Waals surface area contributed by atoms with Crippen LogP contribution in [-0.4, -0.2) is 22.9 Å². The number of aliphatic hydroxyl groups excluding tert-OH is 1. The van der Waals surface area contributed by atoms with Crippen molar-refractivity contribution in [2.75, 3.05) is 6.61 Å². The van der Waals surface area contributed by atoms with E-state index in [1.165, 1.54) is 0 Å². The highest BCUT2D eigenvalue weighted by Crippen LogP contribution is 2.25. The number of aliphatic hydroxyl groups is 1. The van der Waals surface area contributed by atoms with Gasteiger partial charge in [0.2, 0.25) is 0 Å². The largest absolute Gasteiger partial charge is 0.508 e. The van der Waals surface area contributed by atoms with E-state index in [-0.39, 0.29) is 18.7 Å². The van der Waals surface area contributed by atoms with Gasteiger partial charge in [0.05, 0.1) is 6.61 Å². The van der Waals surface area contributed by atoms with Gasteiger partial charge in [-0.15, -0.1) is 0 Å². The van der Waals surface area contributed by atoms with E-state index in [9.17, 15) is 5.11 Å². The Kier molecular flexibility index (Phi) is 4.12. The second-order valence-corrected chi connectivity index (χ2v) is 4.03. The van der Waals surface area contributed by atoms with Gasteiger partial charge in [0, 0.05) is 17.6 Å². The Labute approximate surface area is 90.8 Å². The Morgan fingerprint density at radius 2 is 2.00 bits per heavy atom. The zero-order chi connectivity index (χ0) is 11.4. The molecule has 1 aromatic rings. The third-order valence-corrected chi connectivity index (χ3v) is 2.46. The molecule has 0 aliphatic carbocycles. The van der Waals surface area contributed by atoms with Crippen LogP contribution in [0.2, 0.25) is 0 Å². The first-order valence-electron chi connectivity index (χ1n) is 5.21. The monoisotopic (exact) mass is 209 g/mol. The number of nitrogens with one attached hydrogen (secondary N) is 1. The van der Waals surface area contributed by atoms with Crippen LogP contribution in [0.1, 0.15) is 31.0 Å². The number of phenolic OH excluding ortho intramolecular Hbond substituents is 1. The highest BCUT2D eigenvalue weighted by molar-refractivity contribution is 5.37. The molecular formula is C12H19NO2. The van der Waals surface area contributed by atoms with Gasteiger partial charge < -0.3 is 15.5 Å². The van der Waals surface area contributed by atoms with Gasteiger partial charge in [0.1, 0.15) is 5.75 Å². The summed E-state index contributed by atoms with van der Waals surface area (Å²) in [7, 11) is 0. The van der Waals surface area contributed by atoms with E-state index in [2.05, 4.69) is 5.32 Å². The molecule has 0 radical (unpaired) electrons. The number of hydrogen-bond donors (Lipinski definition) is 3. The molecule has 0 saturated heterocycles. The fraction of sp³-hybridized carbons (Fsp3) is 0.500. The van der Waals surface area contributed by atoms with Crippen molar-refractivity contribution >= 4 is 0 Å². The van der Waals surface area contributed by atoms with Crippen molar-refractivity contribution in [2.24, 2.45) is 0 Å². The number of phenols is 1. The van der Waals surface area contributed by atoms with E-state index in [0.29, 0.717) is 5.75 Å². The van der Waals surface area contributed by atoms with Crippen molar-refractivity contribution in [1.82, 2.24) is 5.32 Å². The molecule has 1 unspecified atom stereocenters. The second-order valence-electron chi connectivity index (χ2n) is 4.03. The van der Waals surface area contributed by atoms with Gasteiger partial charge in [-0.1, -0.05) is 12.1 Å². The molecule has 0 spiro atoms. The fourth-order valence-corrected chi connectivity index (χ4v) is 1.59. The van der Waals surface area contributed by atoms with E-state index in [1.54, 1.807) is 6.07 Å². The average molecular weight is 209 g/mol. The van der Waals surface area contributed by atoms with Crippen LogP contribution in [0, 0.1) is 6.92 Å². The van der Waals surface area contributed by atoms with Crippen molar-refractivity contribution in [1.29, 1.82) is 0 Å². The Morgan fingerprint density at radius 3 is 2.53 bits per heavy atom. The number of hydrogen-bond acceptors (Lipinski definition) is 3. The maximum absolute atomic E-state index is 9.74. The highest BCUT2D eigenvalue weighted by Gasteiger charge is 2.12. The fourth-order valence-electron chi connectivity index (χ4n) is 1.59. The van der Waals surface area contributed by atoms with Crippen LogP contribution in [0.3, 0.4) is 0 Å². The lowest BCUT2D eigenvalue weighted by molar-refractivity contribution is 0.242. The predicted octanol–water partition coefficient (Wildman–Crippen LogP) is 1.73. The van der Waals surface area contributed by atoms with E-state index >= 15 is 0 Å². The van der Waals surface area contributed by atoms with Crippen LogP contribution in [0.4, 0.5) is 0 Å². The van der Waals surface area contributed by atoms with Crippen LogP contribution >= 0.6 is 0 Å². The summed E-state index contributed by atoms with van der Waals surface area (Å²) in [5.74, 6) is 0.306. The lowest BCUT2D eigenvalue weighted by atomic mass is 10.0. The molecule has 3 heteroatoms. The Bertz CT molecular complexity index is 325. The van der Waals surface area contributed by atoms with E-state index in [4.69, 9.17) is 5.11 Å². The minimum Gasteiger partial charge on any atom is -0.508 e. The summed E-state index contributed by atoms with van der Waals surface area (Å²) >= 11 is 0. The lowest BCUT2D eigenvalue weighted by Gasteiger charge is -2.19. The summed E-state index contributed by atoms with van der Waals surface area (Å²) < 4.78 is 0. The molecule has 0 aliphatic rings. The third-order valence-electron chi connectivity index (χ3n) is 2.46. The van der Waals surface area contributed by atoms with Gasteiger partial charge in [-0.3, -0.25) is 0 Å². The normalized spacial score (nSPS) is 14.9. The van der Waals surface area contributed by atoms with Crippen LogP contribution in [-0.2, 0) is 0 Å². The molecule has 2 atom stereocenters. The number of aromatic hydroxyl groups is 1. The third kappa shape index (κ3) is 3.22. The molecule has 3 nitrogen and oxygen atoms in total. The smallest absolute Gasteiger partial charge is 0.120 e. The molecule has 0 fully saturated rings.